The Kier molecular flexibility index (Phi) is 9.72. The number of aliphatic hydroxyl groups is 1. The van der Waals surface area contributed by atoms with Crippen molar-refractivity contribution in [1.29, 1.82) is 0 Å². The molecule has 1 aromatic carbocycles. The minimum absolute atomic E-state index is 0.0946. The highest BCUT2D eigenvalue weighted by Crippen LogP contribution is 2.48. The molecule has 2 heterocycles. The largest absolute Gasteiger partial charge is 0.475 e. The fourth-order valence-corrected chi connectivity index (χ4v) is 3.95. The number of aryl methyl sites for hydroxylation is 1. The molecule has 3 aromatic rings. The summed E-state index contributed by atoms with van der Waals surface area (Å²) in [6, 6.07) is 10.6. The second kappa shape index (κ2) is 13.0. The number of amides is 2. The van der Waals surface area contributed by atoms with Gasteiger partial charge in [-0.2, -0.15) is 0 Å². The number of nitrogens with two attached hydrogens (primary N) is 1. The molecule has 1 saturated carbocycles. The smallest absolute Gasteiger partial charge is 0.222 e. The third-order valence-electron chi connectivity index (χ3n) is 6.28. The van der Waals surface area contributed by atoms with Crippen molar-refractivity contribution in [1.82, 2.24) is 9.97 Å². The molecule has 0 unspecified atom stereocenters. The Morgan fingerprint density at radius 2 is 1.97 bits per heavy atom. The molecule has 2 aromatic heterocycles. The van der Waals surface area contributed by atoms with Gasteiger partial charge in [0.2, 0.25) is 18.2 Å². The monoisotopic (exact) mass is 523 g/mol. The van der Waals surface area contributed by atoms with Gasteiger partial charge in [0, 0.05) is 31.3 Å². The van der Waals surface area contributed by atoms with Gasteiger partial charge in [-0.05, 0) is 78.6 Å². The number of anilines is 2. The van der Waals surface area contributed by atoms with Crippen LogP contribution in [0.3, 0.4) is 0 Å². The van der Waals surface area contributed by atoms with Crippen molar-refractivity contribution < 1.29 is 23.8 Å². The lowest BCUT2D eigenvalue weighted by Gasteiger charge is -2.16. The number of rotatable bonds is 10. The predicted octanol–water partition coefficient (Wildman–Crippen LogP) is 4.29. The molecule has 0 atom stereocenters. The zero-order valence-corrected chi connectivity index (χ0v) is 21.9. The van der Waals surface area contributed by atoms with E-state index < -0.39 is 0 Å². The first-order valence-electron chi connectivity index (χ1n) is 12.4. The van der Waals surface area contributed by atoms with Crippen LogP contribution in [0.1, 0.15) is 38.7 Å². The number of benzene rings is 1. The van der Waals surface area contributed by atoms with Crippen LogP contribution >= 0.6 is 0 Å². The average Bonchev–Trinajstić information content (AvgIpc) is 3.61. The number of primary amides is 1. The molecule has 38 heavy (non-hydrogen) atoms. The maximum atomic E-state index is 14.8. The number of ether oxygens (including phenoxy) is 1. The van der Waals surface area contributed by atoms with Crippen molar-refractivity contribution in [3.8, 4) is 28.3 Å². The first kappa shape index (κ1) is 28.5. The van der Waals surface area contributed by atoms with Gasteiger partial charge in [-0.3, -0.25) is 9.59 Å². The van der Waals surface area contributed by atoms with E-state index in [1.54, 1.807) is 24.4 Å². The average molecular weight is 524 g/mol. The lowest BCUT2D eigenvalue weighted by molar-refractivity contribution is -0.114. The molecule has 2 amide bonds. The van der Waals surface area contributed by atoms with Gasteiger partial charge in [0.1, 0.15) is 18.2 Å². The van der Waals surface area contributed by atoms with Gasteiger partial charge in [0.05, 0.1) is 18.0 Å². The topological polar surface area (TPSA) is 139 Å². The van der Waals surface area contributed by atoms with E-state index in [-0.39, 0.29) is 31.3 Å². The van der Waals surface area contributed by atoms with Crippen LogP contribution in [-0.2, 0) is 9.59 Å². The molecule has 0 aliphatic heterocycles. The lowest BCUT2D eigenvalue weighted by atomic mass is 9.98. The van der Waals surface area contributed by atoms with Gasteiger partial charge >= 0.3 is 0 Å². The molecule has 0 spiro atoms. The summed E-state index contributed by atoms with van der Waals surface area (Å²) in [5.74, 6) is 0.242. The molecular weight excluding hydrogens is 489 g/mol. The SMILES string of the molecule is CC(=O)Nc1cc(-c2cc(-c3cc(NCCC4(C)CC4)c(F)cc3C)cc(OCCO)n2)ccn1.NC=O. The molecule has 1 fully saturated rings. The number of nitrogens with one attached hydrogen (secondary N) is 2. The number of pyridine rings is 2. The molecule has 9 nitrogen and oxygen atoms in total. The summed E-state index contributed by atoms with van der Waals surface area (Å²) in [6.07, 6.45) is 5.30. The van der Waals surface area contributed by atoms with E-state index in [9.17, 15) is 14.3 Å². The number of carbonyl (C=O) groups is 2. The molecular formula is C28H34FN5O4. The van der Waals surface area contributed by atoms with Gasteiger partial charge in [0.15, 0.2) is 0 Å². The maximum absolute atomic E-state index is 14.8. The summed E-state index contributed by atoms with van der Waals surface area (Å²) in [4.78, 5) is 28.8. The highest BCUT2D eigenvalue weighted by molar-refractivity contribution is 5.88. The Balaban J connectivity index is 0.00000127. The molecule has 1 aliphatic carbocycles. The molecule has 0 radical (unpaired) electrons. The van der Waals surface area contributed by atoms with Crippen molar-refractivity contribution >= 4 is 23.8 Å². The Morgan fingerprint density at radius 3 is 2.63 bits per heavy atom. The van der Waals surface area contributed by atoms with Crippen molar-refractivity contribution in [3.05, 3.63) is 54.0 Å². The fourth-order valence-electron chi connectivity index (χ4n) is 3.95. The number of carbonyl (C=O) groups excluding carboxylic acids is 2. The van der Waals surface area contributed by atoms with Gasteiger partial charge in [-0.1, -0.05) is 6.92 Å². The lowest BCUT2D eigenvalue weighted by Crippen LogP contribution is -2.09. The normalized spacial score (nSPS) is 13.1. The highest BCUT2D eigenvalue weighted by Gasteiger charge is 2.36. The molecule has 4 rings (SSSR count). The van der Waals surface area contributed by atoms with Crippen LogP contribution in [0.15, 0.2) is 42.6 Å². The van der Waals surface area contributed by atoms with Crippen LogP contribution < -0.4 is 21.1 Å². The number of aliphatic hydroxyl groups excluding tert-OH is 1. The second-order valence-corrected chi connectivity index (χ2v) is 9.53. The van der Waals surface area contributed by atoms with Gasteiger partial charge < -0.3 is 26.2 Å². The number of halogens is 1. The van der Waals surface area contributed by atoms with Gasteiger partial charge in [0.25, 0.3) is 0 Å². The van der Waals surface area contributed by atoms with E-state index in [2.05, 4.69) is 33.3 Å². The van der Waals surface area contributed by atoms with Crippen molar-refractivity contribution in [2.75, 3.05) is 30.4 Å². The molecule has 0 saturated heterocycles. The summed E-state index contributed by atoms with van der Waals surface area (Å²) in [7, 11) is 0. The van der Waals surface area contributed by atoms with E-state index in [0.29, 0.717) is 35.0 Å². The second-order valence-electron chi connectivity index (χ2n) is 9.53. The summed E-state index contributed by atoms with van der Waals surface area (Å²) in [6.45, 7) is 6.20. The minimum atomic E-state index is -0.285. The first-order chi connectivity index (χ1) is 18.2. The third-order valence-corrected chi connectivity index (χ3v) is 6.28. The van der Waals surface area contributed by atoms with Crippen LogP contribution in [0.5, 0.6) is 5.88 Å². The van der Waals surface area contributed by atoms with Crippen LogP contribution in [0.25, 0.3) is 22.4 Å². The van der Waals surface area contributed by atoms with E-state index in [4.69, 9.17) is 9.53 Å². The van der Waals surface area contributed by atoms with E-state index in [1.807, 2.05) is 19.1 Å². The zero-order chi connectivity index (χ0) is 27.7. The molecule has 5 N–H and O–H groups in total. The van der Waals surface area contributed by atoms with Crippen LogP contribution in [0.2, 0.25) is 0 Å². The van der Waals surface area contributed by atoms with Crippen LogP contribution in [0, 0.1) is 18.2 Å². The summed E-state index contributed by atoms with van der Waals surface area (Å²) in [5, 5.41) is 15.2. The Hall–Kier alpha value is -4.05. The van der Waals surface area contributed by atoms with Crippen molar-refractivity contribution in [2.45, 2.75) is 40.0 Å². The summed E-state index contributed by atoms with van der Waals surface area (Å²) < 4.78 is 20.4. The van der Waals surface area contributed by atoms with E-state index in [0.717, 1.165) is 28.7 Å². The maximum Gasteiger partial charge on any atom is 0.222 e. The molecule has 1 aliphatic rings. The molecule has 0 bridgehead atoms. The quantitative estimate of drug-likeness (QED) is 0.291. The summed E-state index contributed by atoms with van der Waals surface area (Å²) in [5.41, 5.74) is 8.77. The highest BCUT2D eigenvalue weighted by atomic mass is 19.1. The van der Waals surface area contributed by atoms with Gasteiger partial charge in [-0.15, -0.1) is 0 Å². The fraction of sp³-hybridized carbons (Fsp3) is 0.357. The minimum Gasteiger partial charge on any atom is -0.475 e. The molecule has 202 valence electrons. The first-order valence-corrected chi connectivity index (χ1v) is 12.4. The Labute approximate surface area is 221 Å². The zero-order valence-electron chi connectivity index (χ0n) is 21.9. The van der Waals surface area contributed by atoms with Crippen molar-refractivity contribution in [2.24, 2.45) is 11.1 Å². The molecule has 10 heteroatoms. The standard InChI is InChI=1S/C27H31FN4O3.CH3NO/c1-17-12-22(28)24(29-9-7-27(3)5-6-27)16-21(17)20-13-23(32-26(15-20)35-11-10-33)19-4-8-30-25(14-19)31-18(2)34;2-1-3/h4,8,12-16,29,33H,5-7,9-11H2,1-3H3,(H,30,31,34);1H,(H2,2,3). The number of hydrogen-bond donors (Lipinski definition) is 4. The van der Waals surface area contributed by atoms with Crippen LogP contribution in [-0.4, -0.2) is 47.2 Å². The number of aromatic nitrogens is 2. The third kappa shape index (κ3) is 7.97. The Morgan fingerprint density at radius 1 is 1.24 bits per heavy atom. The van der Waals surface area contributed by atoms with Crippen LogP contribution in [0.4, 0.5) is 15.9 Å². The Bertz CT molecular complexity index is 1280. The summed E-state index contributed by atoms with van der Waals surface area (Å²) >= 11 is 0. The predicted molar refractivity (Wildman–Crippen MR) is 145 cm³/mol. The van der Waals surface area contributed by atoms with Crippen molar-refractivity contribution in [3.63, 3.8) is 0 Å². The number of nitrogens with zero attached hydrogens (tertiary/aromatic N) is 2. The number of hydrogen-bond acceptors (Lipinski definition) is 7. The van der Waals surface area contributed by atoms with E-state index >= 15 is 0 Å². The van der Waals surface area contributed by atoms with Gasteiger partial charge in [-0.25, -0.2) is 14.4 Å². The van der Waals surface area contributed by atoms with E-state index in [1.165, 1.54) is 25.8 Å².